The fraction of sp³-hybridized carbons (Fsp3) is 0.400. The minimum Gasteiger partial charge on any atom is -0.346 e. The number of anilines is 1. The molecule has 3 aromatic heterocycles. The summed E-state index contributed by atoms with van der Waals surface area (Å²) >= 11 is 1.51. The van der Waals surface area contributed by atoms with Gasteiger partial charge >= 0.3 is 0 Å². The second kappa shape index (κ2) is 7.35. The highest BCUT2D eigenvalue weighted by molar-refractivity contribution is 7.20. The van der Waals surface area contributed by atoms with Crippen LogP contribution in [0.2, 0.25) is 0 Å². The van der Waals surface area contributed by atoms with Crippen molar-refractivity contribution >= 4 is 21.4 Å². The molecule has 0 saturated carbocycles. The largest absolute Gasteiger partial charge is 0.346 e. The number of benzene rings is 1. The number of fused-ring (bicyclic) bond motifs is 1. The topological polar surface area (TPSA) is 81.1 Å². The lowest BCUT2D eigenvalue weighted by Gasteiger charge is -2.15. The number of aryl methyl sites for hydroxylation is 1. The summed E-state index contributed by atoms with van der Waals surface area (Å²) in [6.45, 7) is 8.53. The summed E-state index contributed by atoms with van der Waals surface area (Å²) in [5, 5.41) is 13.1. The predicted octanol–water partition coefficient (Wildman–Crippen LogP) is 4.63. The van der Waals surface area contributed by atoms with Crippen molar-refractivity contribution in [3.05, 3.63) is 59.5 Å². The van der Waals surface area contributed by atoms with Gasteiger partial charge in [0, 0.05) is 11.8 Å². The number of imidazole rings is 1. The summed E-state index contributed by atoms with van der Waals surface area (Å²) in [6.07, 6.45) is 3.72. The van der Waals surface area contributed by atoms with E-state index in [1.54, 1.807) is 0 Å². The monoisotopic (exact) mass is 396 g/mol. The fourth-order valence-electron chi connectivity index (χ4n) is 2.89. The molecule has 0 amide bonds. The van der Waals surface area contributed by atoms with E-state index in [2.05, 4.69) is 48.3 Å². The number of nitrogens with zero attached hydrogens (tertiary/aromatic N) is 5. The van der Waals surface area contributed by atoms with Gasteiger partial charge in [-0.2, -0.15) is 4.98 Å². The first kappa shape index (κ1) is 18.6. The molecule has 1 aromatic carbocycles. The molecule has 0 radical (unpaired) electrons. The molecule has 3 heterocycles. The van der Waals surface area contributed by atoms with Crippen LogP contribution in [0.25, 0.3) is 4.96 Å². The zero-order valence-electron chi connectivity index (χ0n) is 16.5. The third-order valence-electron chi connectivity index (χ3n) is 4.42. The van der Waals surface area contributed by atoms with Gasteiger partial charge in [0.05, 0.1) is 11.9 Å². The molecule has 1 N–H and O–H groups in total. The van der Waals surface area contributed by atoms with Crippen LogP contribution in [0.1, 0.15) is 63.1 Å². The van der Waals surface area contributed by atoms with Gasteiger partial charge in [-0.3, -0.25) is 0 Å². The summed E-state index contributed by atoms with van der Waals surface area (Å²) in [5.74, 6) is 1.27. The van der Waals surface area contributed by atoms with Gasteiger partial charge in [0.15, 0.2) is 5.82 Å². The third-order valence-corrected chi connectivity index (χ3v) is 5.27. The fourth-order valence-corrected chi connectivity index (χ4v) is 3.70. The Morgan fingerprint density at radius 1 is 1.18 bits per heavy atom. The lowest BCUT2D eigenvalue weighted by Crippen LogP contribution is -2.14. The minimum atomic E-state index is -0.242. The lowest BCUT2D eigenvalue weighted by molar-refractivity contribution is 0.371. The molecule has 0 aliphatic heterocycles. The molecule has 4 aromatic rings. The van der Waals surface area contributed by atoms with E-state index >= 15 is 0 Å². The second-order valence-corrected chi connectivity index (χ2v) is 8.75. The van der Waals surface area contributed by atoms with Gasteiger partial charge in [-0.1, -0.05) is 74.5 Å². The van der Waals surface area contributed by atoms with Gasteiger partial charge in [-0.15, -0.1) is 5.10 Å². The summed E-state index contributed by atoms with van der Waals surface area (Å²) < 4.78 is 7.23. The van der Waals surface area contributed by atoms with Crippen LogP contribution in [0, 0.1) is 0 Å². The van der Waals surface area contributed by atoms with E-state index in [1.807, 2.05) is 41.0 Å². The van der Waals surface area contributed by atoms with Crippen molar-refractivity contribution in [3.8, 4) is 0 Å². The molecule has 0 spiro atoms. The third kappa shape index (κ3) is 3.77. The van der Waals surface area contributed by atoms with E-state index in [1.165, 1.54) is 11.3 Å². The number of aromatic nitrogens is 5. The average molecular weight is 397 g/mol. The molecule has 8 heteroatoms. The van der Waals surface area contributed by atoms with Crippen LogP contribution in [-0.2, 0) is 11.8 Å². The molecule has 4 rings (SSSR count). The van der Waals surface area contributed by atoms with Crippen LogP contribution in [0.3, 0.4) is 0 Å². The zero-order chi connectivity index (χ0) is 19.7. The Labute approximate surface area is 167 Å². The number of nitrogens with one attached hydrogen (secondary N) is 1. The van der Waals surface area contributed by atoms with Gasteiger partial charge in [0.2, 0.25) is 16.0 Å². The van der Waals surface area contributed by atoms with Gasteiger partial charge < -0.3 is 9.84 Å². The van der Waals surface area contributed by atoms with Crippen LogP contribution >= 0.6 is 11.3 Å². The van der Waals surface area contributed by atoms with Crippen LogP contribution in [0.5, 0.6) is 0 Å². The number of hydrogen-bond donors (Lipinski definition) is 1. The molecule has 0 aliphatic rings. The normalized spacial score (nSPS) is 13.1. The predicted molar refractivity (Wildman–Crippen MR) is 110 cm³/mol. The summed E-state index contributed by atoms with van der Waals surface area (Å²) in [7, 11) is 0. The Morgan fingerprint density at radius 2 is 1.96 bits per heavy atom. The van der Waals surface area contributed by atoms with Crippen LogP contribution in [-0.4, -0.2) is 24.7 Å². The maximum atomic E-state index is 5.41. The highest BCUT2D eigenvalue weighted by Gasteiger charge is 2.23. The van der Waals surface area contributed by atoms with E-state index < -0.39 is 0 Å². The van der Waals surface area contributed by atoms with E-state index in [4.69, 9.17) is 9.51 Å². The second-order valence-electron chi connectivity index (χ2n) is 7.79. The molecule has 0 bridgehead atoms. The first-order chi connectivity index (χ1) is 13.4. The highest BCUT2D eigenvalue weighted by atomic mass is 32.1. The first-order valence-corrected chi connectivity index (χ1v) is 10.3. The Hall–Kier alpha value is -2.74. The standard InChI is InChI=1S/C20H24N6OS/c1-5-9-15-22-17(25-27-15)16(13-10-7-6-8-11-13)23-18-24-26-12-14(20(2,3)4)21-19(26)28-18/h6-8,10-12,16H,5,9H2,1-4H3,(H,23,24). The van der Waals surface area contributed by atoms with E-state index in [0.29, 0.717) is 11.7 Å². The molecular formula is C20H24N6OS. The Morgan fingerprint density at radius 3 is 2.64 bits per heavy atom. The van der Waals surface area contributed by atoms with Gasteiger partial charge in [0.1, 0.15) is 6.04 Å². The molecule has 7 nitrogen and oxygen atoms in total. The number of rotatable bonds is 6. The number of hydrogen-bond acceptors (Lipinski definition) is 7. The Kier molecular flexibility index (Phi) is 4.89. The molecule has 146 valence electrons. The van der Waals surface area contributed by atoms with Crippen molar-refractivity contribution < 1.29 is 4.52 Å². The lowest BCUT2D eigenvalue weighted by atomic mass is 9.93. The molecule has 0 saturated heterocycles. The summed E-state index contributed by atoms with van der Waals surface area (Å²) in [4.78, 5) is 10.2. The summed E-state index contributed by atoms with van der Waals surface area (Å²) in [6, 6.07) is 9.84. The van der Waals surface area contributed by atoms with Crippen molar-refractivity contribution in [2.24, 2.45) is 0 Å². The maximum absolute atomic E-state index is 5.41. The Bertz CT molecular complexity index is 1030. The molecular weight excluding hydrogens is 372 g/mol. The van der Waals surface area contributed by atoms with Gasteiger partial charge in [-0.05, 0) is 12.0 Å². The van der Waals surface area contributed by atoms with E-state index in [9.17, 15) is 0 Å². The van der Waals surface area contributed by atoms with Crippen molar-refractivity contribution in [2.75, 3.05) is 5.32 Å². The molecule has 0 aliphatic carbocycles. The van der Waals surface area contributed by atoms with Crippen molar-refractivity contribution in [1.82, 2.24) is 24.7 Å². The van der Waals surface area contributed by atoms with Crippen LogP contribution in [0.4, 0.5) is 5.13 Å². The van der Waals surface area contributed by atoms with Gasteiger partial charge in [-0.25, -0.2) is 9.50 Å². The van der Waals surface area contributed by atoms with Crippen molar-refractivity contribution in [3.63, 3.8) is 0 Å². The van der Waals surface area contributed by atoms with E-state index in [0.717, 1.165) is 34.2 Å². The van der Waals surface area contributed by atoms with Crippen LogP contribution < -0.4 is 5.32 Å². The Balaban J connectivity index is 1.65. The molecule has 1 unspecified atom stereocenters. The SMILES string of the molecule is CCCc1nc(C(Nc2nn3cc(C(C)(C)C)nc3s2)c2ccccc2)no1. The van der Waals surface area contributed by atoms with Gasteiger partial charge in [0.25, 0.3) is 0 Å². The molecule has 1 atom stereocenters. The highest BCUT2D eigenvalue weighted by Crippen LogP contribution is 2.30. The smallest absolute Gasteiger partial charge is 0.226 e. The quantitative estimate of drug-likeness (QED) is 0.512. The van der Waals surface area contributed by atoms with Crippen molar-refractivity contribution in [1.29, 1.82) is 0 Å². The summed E-state index contributed by atoms with van der Waals surface area (Å²) in [5.41, 5.74) is 2.07. The maximum Gasteiger partial charge on any atom is 0.226 e. The molecule has 0 fully saturated rings. The van der Waals surface area contributed by atoms with Crippen LogP contribution in [0.15, 0.2) is 41.1 Å². The molecule has 28 heavy (non-hydrogen) atoms. The average Bonchev–Trinajstić information content (AvgIpc) is 3.35. The first-order valence-electron chi connectivity index (χ1n) is 9.44. The van der Waals surface area contributed by atoms with Crippen molar-refractivity contribution in [2.45, 2.75) is 52.0 Å². The minimum absolute atomic E-state index is 0.00605. The van der Waals surface area contributed by atoms with E-state index in [-0.39, 0.29) is 11.5 Å². The zero-order valence-corrected chi connectivity index (χ0v) is 17.3.